The van der Waals surface area contributed by atoms with Crippen LogP contribution in [0.1, 0.15) is 10.5 Å². The quantitative estimate of drug-likeness (QED) is 0.724. The molecule has 1 heterocycles. The standard InChI is InChI=1S/C8H5N3O3/c12-8(13)7-5-3-1-2-4-6(5)11(9-7)10-14/h1-4H,(H,12,13). The summed E-state index contributed by atoms with van der Waals surface area (Å²) in [6.45, 7) is 0. The topological polar surface area (TPSA) is 84.5 Å². The second-order valence-corrected chi connectivity index (χ2v) is 2.64. The molecule has 1 aromatic carbocycles. The number of hydrogen-bond acceptors (Lipinski definition) is 4. The maximum Gasteiger partial charge on any atom is 0.357 e. The molecule has 1 aromatic heterocycles. The van der Waals surface area contributed by atoms with Crippen LogP contribution < -0.4 is 0 Å². The van der Waals surface area contributed by atoms with E-state index in [0.717, 1.165) is 4.79 Å². The van der Waals surface area contributed by atoms with Gasteiger partial charge in [0.25, 0.3) is 0 Å². The van der Waals surface area contributed by atoms with E-state index in [0.29, 0.717) is 10.9 Å². The van der Waals surface area contributed by atoms with Crippen molar-refractivity contribution in [3.63, 3.8) is 0 Å². The summed E-state index contributed by atoms with van der Waals surface area (Å²) in [5.74, 6) is -1.18. The van der Waals surface area contributed by atoms with Gasteiger partial charge < -0.3 is 5.11 Å². The predicted molar refractivity (Wildman–Crippen MR) is 47.9 cm³/mol. The summed E-state index contributed by atoms with van der Waals surface area (Å²) in [5, 5.41) is 15.3. The van der Waals surface area contributed by atoms with E-state index in [1.54, 1.807) is 24.3 Å². The number of nitroso groups, excluding NO2 is 1. The lowest BCUT2D eigenvalue weighted by Crippen LogP contribution is -1.98. The van der Waals surface area contributed by atoms with Crippen molar-refractivity contribution in [3.8, 4) is 0 Å². The van der Waals surface area contributed by atoms with Crippen LogP contribution in [0.4, 0.5) is 0 Å². The molecule has 0 aliphatic rings. The molecule has 2 aromatic rings. The number of hydrogen-bond donors (Lipinski definition) is 1. The van der Waals surface area contributed by atoms with Crippen molar-refractivity contribution < 1.29 is 9.90 Å². The van der Waals surface area contributed by atoms with Gasteiger partial charge in [-0.05, 0) is 6.07 Å². The zero-order valence-electron chi connectivity index (χ0n) is 6.91. The molecule has 0 unspecified atom stereocenters. The number of aromatic nitrogens is 2. The maximum absolute atomic E-state index is 10.7. The SMILES string of the molecule is O=Nn1nc(C(=O)O)c2ccccc21. The Labute approximate surface area is 77.7 Å². The number of fused-ring (bicyclic) bond motifs is 1. The number of nitrogens with zero attached hydrogens (tertiary/aromatic N) is 3. The molecule has 6 nitrogen and oxygen atoms in total. The van der Waals surface area contributed by atoms with Crippen molar-refractivity contribution in [2.45, 2.75) is 0 Å². The van der Waals surface area contributed by atoms with Gasteiger partial charge in [0.1, 0.15) is 0 Å². The Morgan fingerprint density at radius 2 is 2.14 bits per heavy atom. The fraction of sp³-hybridized carbons (Fsp3) is 0. The molecule has 0 aliphatic carbocycles. The smallest absolute Gasteiger partial charge is 0.357 e. The lowest BCUT2D eigenvalue weighted by molar-refractivity contribution is 0.0691. The molecule has 70 valence electrons. The molecule has 0 atom stereocenters. The summed E-state index contributed by atoms with van der Waals surface area (Å²) < 4.78 is 0. The normalized spacial score (nSPS) is 10.3. The van der Waals surface area contributed by atoms with E-state index in [1.807, 2.05) is 0 Å². The van der Waals surface area contributed by atoms with Crippen molar-refractivity contribution in [3.05, 3.63) is 34.9 Å². The zero-order chi connectivity index (χ0) is 10.1. The number of rotatable bonds is 2. The van der Waals surface area contributed by atoms with Gasteiger partial charge in [-0.2, -0.15) is 0 Å². The number of carbonyl (C=O) groups is 1. The highest BCUT2D eigenvalue weighted by Crippen LogP contribution is 2.17. The number of benzene rings is 1. The predicted octanol–water partition coefficient (Wildman–Crippen LogP) is 1.26. The van der Waals surface area contributed by atoms with Gasteiger partial charge in [-0.15, -0.1) is 14.8 Å². The summed E-state index contributed by atoms with van der Waals surface area (Å²) in [4.78, 5) is 21.8. The molecular formula is C8H5N3O3. The van der Waals surface area contributed by atoms with E-state index in [4.69, 9.17) is 5.11 Å². The van der Waals surface area contributed by atoms with E-state index in [2.05, 4.69) is 10.4 Å². The van der Waals surface area contributed by atoms with Gasteiger partial charge in [-0.25, -0.2) is 4.79 Å². The largest absolute Gasteiger partial charge is 0.476 e. The van der Waals surface area contributed by atoms with E-state index >= 15 is 0 Å². The molecule has 0 saturated carbocycles. The summed E-state index contributed by atoms with van der Waals surface area (Å²) in [6.07, 6.45) is 0. The minimum Gasteiger partial charge on any atom is -0.476 e. The second-order valence-electron chi connectivity index (χ2n) is 2.64. The highest BCUT2D eigenvalue weighted by molar-refractivity contribution is 6.01. The first-order valence-corrected chi connectivity index (χ1v) is 3.78. The number of carboxylic acids is 1. The molecule has 0 amide bonds. The Kier molecular flexibility index (Phi) is 1.74. The second kappa shape index (κ2) is 2.91. The Morgan fingerprint density at radius 3 is 2.79 bits per heavy atom. The van der Waals surface area contributed by atoms with Crippen LogP contribution in [0.25, 0.3) is 10.9 Å². The Hall–Kier alpha value is -2.24. The Morgan fingerprint density at radius 1 is 1.43 bits per heavy atom. The van der Waals surface area contributed by atoms with Gasteiger partial charge in [0.15, 0.2) is 5.69 Å². The van der Waals surface area contributed by atoms with Gasteiger partial charge in [0.05, 0.1) is 10.8 Å². The molecule has 14 heavy (non-hydrogen) atoms. The zero-order valence-corrected chi connectivity index (χ0v) is 6.91. The maximum atomic E-state index is 10.7. The average molecular weight is 191 g/mol. The van der Waals surface area contributed by atoms with Crippen LogP contribution >= 0.6 is 0 Å². The first-order chi connectivity index (χ1) is 6.74. The van der Waals surface area contributed by atoms with Gasteiger partial charge in [-0.1, -0.05) is 18.2 Å². The van der Waals surface area contributed by atoms with E-state index in [9.17, 15) is 9.70 Å². The van der Waals surface area contributed by atoms with Crippen molar-refractivity contribution >= 4 is 16.9 Å². The lowest BCUT2D eigenvalue weighted by atomic mass is 10.2. The molecule has 0 aliphatic heterocycles. The number of carboxylic acid groups (broad SMARTS) is 1. The lowest BCUT2D eigenvalue weighted by Gasteiger charge is -1.88. The van der Waals surface area contributed by atoms with Gasteiger partial charge in [0.2, 0.25) is 0 Å². The van der Waals surface area contributed by atoms with Crippen LogP contribution in [0.3, 0.4) is 0 Å². The van der Waals surface area contributed by atoms with Crippen molar-refractivity contribution in [2.75, 3.05) is 0 Å². The van der Waals surface area contributed by atoms with Crippen LogP contribution in [-0.4, -0.2) is 21.0 Å². The Bertz CT molecular complexity index is 518. The first-order valence-electron chi connectivity index (χ1n) is 3.78. The third-order valence-electron chi connectivity index (χ3n) is 1.85. The highest BCUT2D eigenvalue weighted by atomic mass is 16.4. The van der Waals surface area contributed by atoms with Crippen molar-refractivity contribution in [2.24, 2.45) is 5.29 Å². The third-order valence-corrected chi connectivity index (χ3v) is 1.85. The fourth-order valence-electron chi connectivity index (χ4n) is 1.27. The summed E-state index contributed by atoms with van der Waals surface area (Å²) in [7, 11) is 0. The average Bonchev–Trinajstić information content (AvgIpc) is 2.56. The molecule has 0 bridgehead atoms. The van der Waals surface area contributed by atoms with Crippen molar-refractivity contribution in [1.82, 2.24) is 9.89 Å². The summed E-state index contributed by atoms with van der Waals surface area (Å²) in [5.41, 5.74) is 0.222. The van der Waals surface area contributed by atoms with Crippen LogP contribution in [0.15, 0.2) is 29.6 Å². The van der Waals surface area contributed by atoms with Crippen LogP contribution in [0, 0.1) is 4.91 Å². The molecule has 0 radical (unpaired) electrons. The van der Waals surface area contributed by atoms with E-state index < -0.39 is 5.97 Å². The van der Waals surface area contributed by atoms with Crippen LogP contribution in [0.5, 0.6) is 0 Å². The van der Waals surface area contributed by atoms with Crippen molar-refractivity contribution in [1.29, 1.82) is 0 Å². The molecule has 0 spiro atoms. The van der Waals surface area contributed by atoms with Gasteiger partial charge in [0, 0.05) is 5.39 Å². The summed E-state index contributed by atoms with van der Waals surface area (Å²) in [6, 6.07) is 6.51. The molecular weight excluding hydrogens is 186 g/mol. The molecule has 6 heteroatoms. The Balaban J connectivity index is 2.86. The van der Waals surface area contributed by atoms with Crippen LogP contribution in [-0.2, 0) is 0 Å². The highest BCUT2D eigenvalue weighted by Gasteiger charge is 2.15. The molecule has 1 N–H and O–H groups in total. The molecule has 2 rings (SSSR count). The fourth-order valence-corrected chi connectivity index (χ4v) is 1.27. The van der Waals surface area contributed by atoms with E-state index in [-0.39, 0.29) is 5.69 Å². The molecule has 0 fully saturated rings. The van der Waals surface area contributed by atoms with Gasteiger partial charge >= 0.3 is 5.97 Å². The van der Waals surface area contributed by atoms with E-state index in [1.165, 1.54) is 0 Å². The minimum absolute atomic E-state index is 0.166. The summed E-state index contributed by atoms with van der Waals surface area (Å²) >= 11 is 0. The monoisotopic (exact) mass is 191 g/mol. The van der Waals surface area contributed by atoms with Gasteiger partial charge in [-0.3, -0.25) is 0 Å². The number of para-hydroxylation sites is 1. The van der Waals surface area contributed by atoms with Crippen LogP contribution in [0.2, 0.25) is 0 Å². The molecule has 0 saturated heterocycles. The number of aromatic carboxylic acids is 1. The third kappa shape index (κ3) is 1.05. The first kappa shape index (κ1) is 8.36. The minimum atomic E-state index is -1.18.